The number of anilines is 1. The fourth-order valence-corrected chi connectivity index (χ4v) is 3.96. The molecule has 0 saturated heterocycles. The lowest BCUT2D eigenvalue weighted by molar-refractivity contribution is -0.155. The zero-order valence-corrected chi connectivity index (χ0v) is 17.5. The van der Waals surface area contributed by atoms with Crippen LogP contribution in [-0.2, 0) is 14.4 Å². The van der Waals surface area contributed by atoms with E-state index in [1.807, 2.05) is 30.3 Å². The van der Waals surface area contributed by atoms with E-state index in [4.69, 9.17) is 0 Å². The van der Waals surface area contributed by atoms with Crippen LogP contribution in [0.4, 0.5) is 5.69 Å². The third-order valence-corrected chi connectivity index (χ3v) is 5.90. The van der Waals surface area contributed by atoms with Crippen LogP contribution < -0.4 is 16.0 Å². The standard InChI is InChI=1S/C24H27N3O4/c1-2-13-24(31,22(29)25-14-15-11-12-15)23(30)27-20-18-9-4-3-7-16(18)17-8-5-6-10-19(17)26-21(20)28/h3-10,15,20,31H,2,11-14H2,1H3,(H,25,29)(H,26,28)(H,27,30)/t20-,24?/m0/s1. The van der Waals surface area contributed by atoms with Gasteiger partial charge in [0.15, 0.2) is 0 Å². The van der Waals surface area contributed by atoms with Crippen LogP contribution in [0, 0.1) is 5.92 Å². The maximum absolute atomic E-state index is 13.2. The Kier molecular flexibility index (Phi) is 5.78. The number of para-hydroxylation sites is 1. The van der Waals surface area contributed by atoms with Crippen LogP contribution in [0.1, 0.15) is 44.2 Å². The lowest BCUT2D eigenvalue weighted by Crippen LogP contribution is -2.58. The summed E-state index contributed by atoms with van der Waals surface area (Å²) in [6, 6.07) is 13.7. The number of amides is 3. The molecule has 0 spiro atoms. The normalized spacial score (nSPS) is 19.2. The molecule has 1 aliphatic heterocycles. The molecule has 2 aromatic carbocycles. The molecule has 3 amide bonds. The SMILES string of the molecule is CCCC(O)(C(=O)NCC1CC1)C(=O)N[C@@H]1C(=O)Nc2ccccc2-c2ccccc21. The van der Waals surface area contributed by atoms with Crippen molar-refractivity contribution in [1.82, 2.24) is 10.6 Å². The second kappa shape index (κ2) is 8.51. The molecule has 7 nitrogen and oxygen atoms in total. The van der Waals surface area contributed by atoms with Gasteiger partial charge in [-0.1, -0.05) is 55.8 Å². The number of hydrogen-bond donors (Lipinski definition) is 4. The Morgan fingerprint density at radius 3 is 2.45 bits per heavy atom. The highest BCUT2D eigenvalue weighted by molar-refractivity contribution is 6.11. The number of nitrogens with one attached hydrogen (secondary N) is 3. The van der Waals surface area contributed by atoms with Crippen molar-refractivity contribution in [3.63, 3.8) is 0 Å². The summed E-state index contributed by atoms with van der Waals surface area (Å²) in [6.45, 7) is 2.23. The first-order chi connectivity index (χ1) is 14.9. The summed E-state index contributed by atoms with van der Waals surface area (Å²) in [4.78, 5) is 38.9. The first-order valence-corrected chi connectivity index (χ1v) is 10.7. The molecular weight excluding hydrogens is 394 g/mol. The van der Waals surface area contributed by atoms with E-state index >= 15 is 0 Å². The molecule has 4 N–H and O–H groups in total. The molecule has 162 valence electrons. The van der Waals surface area contributed by atoms with Gasteiger partial charge in [-0.05, 0) is 42.4 Å². The van der Waals surface area contributed by atoms with Crippen LogP contribution in [0.3, 0.4) is 0 Å². The summed E-state index contributed by atoms with van der Waals surface area (Å²) in [5.74, 6) is -1.60. The van der Waals surface area contributed by atoms with Gasteiger partial charge < -0.3 is 21.1 Å². The molecule has 2 aliphatic rings. The minimum Gasteiger partial charge on any atom is -0.372 e. The summed E-state index contributed by atoms with van der Waals surface area (Å²) in [6.07, 6.45) is 2.47. The number of fused-ring (bicyclic) bond motifs is 3. The molecule has 1 heterocycles. The Morgan fingerprint density at radius 1 is 1.06 bits per heavy atom. The third-order valence-electron chi connectivity index (χ3n) is 5.90. The molecule has 31 heavy (non-hydrogen) atoms. The maximum atomic E-state index is 13.2. The molecule has 0 radical (unpaired) electrons. The highest BCUT2D eigenvalue weighted by Gasteiger charge is 2.45. The zero-order chi connectivity index (χ0) is 22.0. The number of hydrogen-bond acceptors (Lipinski definition) is 4. The molecule has 0 aromatic heterocycles. The van der Waals surface area contributed by atoms with E-state index in [0.717, 1.165) is 24.0 Å². The van der Waals surface area contributed by atoms with Crippen molar-refractivity contribution in [2.75, 3.05) is 11.9 Å². The molecule has 1 saturated carbocycles. The molecular formula is C24H27N3O4. The Morgan fingerprint density at radius 2 is 1.74 bits per heavy atom. The Labute approximate surface area is 181 Å². The van der Waals surface area contributed by atoms with Gasteiger partial charge in [-0.3, -0.25) is 14.4 Å². The molecule has 1 aliphatic carbocycles. The molecule has 1 unspecified atom stereocenters. The van der Waals surface area contributed by atoms with Gasteiger partial charge in [0.25, 0.3) is 17.7 Å². The van der Waals surface area contributed by atoms with E-state index in [1.165, 1.54) is 0 Å². The van der Waals surface area contributed by atoms with Crippen LogP contribution >= 0.6 is 0 Å². The summed E-state index contributed by atoms with van der Waals surface area (Å²) in [5.41, 5.74) is 0.657. The van der Waals surface area contributed by atoms with Crippen LogP contribution in [0.5, 0.6) is 0 Å². The third kappa shape index (κ3) is 4.18. The second-order valence-corrected chi connectivity index (χ2v) is 8.29. The minimum atomic E-state index is -2.24. The lowest BCUT2D eigenvalue weighted by Gasteiger charge is -2.28. The minimum absolute atomic E-state index is 0.0362. The van der Waals surface area contributed by atoms with Crippen molar-refractivity contribution in [1.29, 1.82) is 0 Å². The van der Waals surface area contributed by atoms with Crippen LogP contribution in [0.15, 0.2) is 48.5 Å². The van der Waals surface area contributed by atoms with Crippen LogP contribution in [-0.4, -0.2) is 35.0 Å². The fourth-order valence-electron chi connectivity index (χ4n) is 3.96. The number of benzene rings is 2. The van der Waals surface area contributed by atoms with Crippen molar-refractivity contribution in [2.24, 2.45) is 5.92 Å². The van der Waals surface area contributed by atoms with Crippen molar-refractivity contribution in [3.8, 4) is 11.1 Å². The predicted molar refractivity (Wildman–Crippen MR) is 117 cm³/mol. The van der Waals surface area contributed by atoms with Gasteiger partial charge in [0.1, 0.15) is 6.04 Å². The van der Waals surface area contributed by atoms with Gasteiger partial charge in [-0.25, -0.2) is 0 Å². The maximum Gasteiger partial charge on any atom is 0.262 e. The average Bonchev–Trinajstić information content (AvgIpc) is 3.61. The van der Waals surface area contributed by atoms with Gasteiger partial charge in [0, 0.05) is 17.8 Å². The molecule has 2 aromatic rings. The van der Waals surface area contributed by atoms with Crippen LogP contribution in [0.2, 0.25) is 0 Å². The van der Waals surface area contributed by atoms with Crippen molar-refractivity contribution < 1.29 is 19.5 Å². The first-order valence-electron chi connectivity index (χ1n) is 10.7. The highest BCUT2D eigenvalue weighted by atomic mass is 16.3. The van der Waals surface area contributed by atoms with E-state index in [2.05, 4.69) is 16.0 Å². The highest BCUT2D eigenvalue weighted by Crippen LogP contribution is 2.37. The van der Waals surface area contributed by atoms with Crippen molar-refractivity contribution in [2.45, 2.75) is 44.2 Å². The lowest BCUT2D eigenvalue weighted by atomic mass is 9.92. The van der Waals surface area contributed by atoms with Crippen LogP contribution in [0.25, 0.3) is 11.1 Å². The van der Waals surface area contributed by atoms with Gasteiger partial charge in [-0.15, -0.1) is 0 Å². The van der Waals surface area contributed by atoms with Gasteiger partial charge >= 0.3 is 0 Å². The number of rotatable bonds is 7. The van der Waals surface area contributed by atoms with Gasteiger partial charge in [0.05, 0.1) is 0 Å². The van der Waals surface area contributed by atoms with E-state index < -0.39 is 29.4 Å². The molecule has 2 atom stereocenters. The Balaban J connectivity index is 1.63. The van der Waals surface area contributed by atoms with Gasteiger partial charge in [-0.2, -0.15) is 0 Å². The fraction of sp³-hybridized carbons (Fsp3) is 0.375. The van der Waals surface area contributed by atoms with Gasteiger partial charge in [0.2, 0.25) is 5.60 Å². The monoisotopic (exact) mass is 421 g/mol. The molecule has 4 rings (SSSR count). The Hall–Kier alpha value is -3.19. The Bertz CT molecular complexity index is 1020. The quantitative estimate of drug-likeness (QED) is 0.515. The van der Waals surface area contributed by atoms with E-state index in [9.17, 15) is 19.5 Å². The largest absolute Gasteiger partial charge is 0.372 e. The topological polar surface area (TPSA) is 108 Å². The van der Waals surface area contributed by atoms with E-state index in [0.29, 0.717) is 30.1 Å². The molecule has 7 heteroatoms. The first kappa shape index (κ1) is 21.1. The molecule has 1 fully saturated rings. The molecule has 0 bridgehead atoms. The zero-order valence-electron chi connectivity index (χ0n) is 17.5. The van der Waals surface area contributed by atoms with Crippen molar-refractivity contribution >= 4 is 23.4 Å². The predicted octanol–water partition coefficient (Wildman–Crippen LogP) is 2.52. The summed E-state index contributed by atoms with van der Waals surface area (Å²) >= 11 is 0. The second-order valence-electron chi connectivity index (χ2n) is 8.29. The smallest absolute Gasteiger partial charge is 0.262 e. The van der Waals surface area contributed by atoms with E-state index in [-0.39, 0.29) is 6.42 Å². The summed E-state index contributed by atoms with van der Waals surface area (Å²) < 4.78 is 0. The van der Waals surface area contributed by atoms with Crippen molar-refractivity contribution in [3.05, 3.63) is 54.1 Å². The summed E-state index contributed by atoms with van der Waals surface area (Å²) in [5, 5.41) is 19.2. The number of carbonyl (C=O) groups excluding carboxylic acids is 3. The average molecular weight is 421 g/mol. The number of carbonyl (C=O) groups is 3. The van der Waals surface area contributed by atoms with E-state index in [1.54, 1.807) is 25.1 Å². The number of aliphatic hydroxyl groups is 1. The summed E-state index contributed by atoms with van der Waals surface area (Å²) in [7, 11) is 0.